The van der Waals surface area contributed by atoms with Crippen molar-refractivity contribution in [2.75, 3.05) is 23.3 Å². The Kier molecular flexibility index (Phi) is 4.14. The highest BCUT2D eigenvalue weighted by molar-refractivity contribution is 5.97. The normalized spacial score (nSPS) is 13.0. The minimum Gasteiger partial charge on any atom is -0.478 e. The Labute approximate surface area is 133 Å². The van der Waals surface area contributed by atoms with Gasteiger partial charge in [-0.2, -0.15) is 0 Å². The number of anilines is 2. The summed E-state index contributed by atoms with van der Waals surface area (Å²) in [7, 11) is 0. The van der Waals surface area contributed by atoms with E-state index in [0.29, 0.717) is 18.8 Å². The van der Waals surface area contributed by atoms with Crippen LogP contribution in [0.3, 0.4) is 0 Å². The van der Waals surface area contributed by atoms with Gasteiger partial charge in [0.1, 0.15) is 6.61 Å². The van der Waals surface area contributed by atoms with Crippen molar-refractivity contribution in [2.24, 2.45) is 0 Å². The molecule has 0 saturated heterocycles. The lowest BCUT2D eigenvalue weighted by atomic mass is 10.1. The predicted octanol–water partition coefficient (Wildman–Crippen LogP) is 2.95. The molecule has 1 heterocycles. The minimum absolute atomic E-state index is 0.133. The van der Waals surface area contributed by atoms with E-state index < -0.39 is 12.1 Å². The van der Waals surface area contributed by atoms with Crippen LogP contribution in [-0.2, 0) is 11.3 Å². The van der Waals surface area contributed by atoms with E-state index in [-0.39, 0.29) is 12.2 Å². The molecular weight excluding hydrogens is 296 g/mol. The Bertz CT molecular complexity index is 731. The summed E-state index contributed by atoms with van der Waals surface area (Å²) in [4.78, 5) is 24.9. The first-order valence-corrected chi connectivity index (χ1v) is 7.24. The van der Waals surface area contributed by atoms with Crippen LogP contribution in [0.1, 0.15) is 15.9 Å². The molecule has 0 fully saturated rings. The number of aromatic carboxylic acids is 1. The van der Waals surface area contributed by atoms with Crippen molar-refractivity contribution in [3.8, 4) is 0 Å². The zero-order chi connectivity index (χ0) is 16.2. The fraction of sp³-hybridized carbons (Fsp3) is 0.176. The average molecular weight is 312 g/mol. The first-order valence-electron chi connectivity index (χ1n) is 7.24. The Morgan fingerprint density at radius 1 is 1.17 bits per heavy atom. The van der Waals surface area contributed by atoms with Crippen molar-refractivity contribution in [1.82, 2.24) is 0 Å². The molecule has 0 saturated carbocycles. The van der Waals surface area contributed by atoms with Gasteiger partial charge in [-0.15, -0.1) is 0 Å². The molecule has 1 aliphatic heterocycles. The maximum absolute atomic E-state index is 12.3. The lowest BCUT2D eigenvalue weighted by Gasteiger charge is -2.29. The van der Waals surface area contributed by atoms with Crippen LogP contribution in [0.4, 0.5) is 16.2 Å². The third-order valence-electron chi connectivity index (χ3n) is 3.61. The molecule has 1 aliphatic rings. The van der Waals surface area contributed by atoms with Crippen LogP contribution in [0.5, 0.6) is 0 Å². The van der Waals surface area contributed by atoms with Gasteiger partial charge in [-0.1, -0.05) is 30.3 Å². The molecule has 2 aromatic carbocycles. The zero-order valence-corrected chi connectivity index (χ0v) is 12.4. The number of amides is 1. The van der Waals surface area contributed by atoms with E-state index in [2.05, 4.69) is 5.32 Å². The highest BCUT2D eigenvalue weighted by atomic mass is 16.6. The number of benzene rings is 2. The molecule has 3 rings (SSSR count). The van der Waals surface area contributed by atoms with Crippen molar-refractivity contribution < 1.29 is 19.4 Å². The van der Waals surface area contributed by atoms with Gasteiger partial charge < -0.3 is 15.2 Å². The Hall–Kier alpha value is -3.02. The molecule has 0 bridgehead atoms. The maximum atomic E-state index is 12.3. The van der Waals surface area contributed by atoms with Gasteiger partial charge in [0.25, 0.3) is 0 Å². The van der Waals surface area contributed by atoms with Gasteiger partial charge in [-0.3, -0.25) is 4.90 Å². The van der Waals surface area contributed by atoms with E-state index in [0.717, 1.165) is 11.3 Å². The third-order valence-corrected chi connectivity index (χ3v) is 3.61. The van der Waals surface area contributed by atoms with Gasteiger partial charge >= 0.3 is 12.1 Å². The SMILES string of the molecule is O=C(O)c1ccc2c(c1)N(C(=O)OCc1ccccc1)CCN2. The minimum atomic E-state index is -1.03. The molecule has 2 N–H and O–H groups in total. The number of nitrogens with zero attached hydrogens (tertiary/aromatic N) is 1. The van der Waals surface area contributed by atoms with Gasteiger partial charge in [0.15, 0.2) is 0 Å². The molecule has 6 nitrogen and oxygen atoms in total. The van der Waals surface area contributed by atoms with E-state index in [1.807, 2.05) is 30.3 Å². The van der Waals surface area contributed by atoms with Crippen LogP contribution in [-0.4, -0.2) is 30.3 Å². The molecule has 0 unspecified atom stereocenters. The van der Waals surface area contributed by atoms with Crippen molar-refractivity contribution in [2.45, 2.75) is 6.61 Å². The fourth-order valence-corrected chi connectivity index (χ4v) is 2.45. The molecule has 0 radical (unpaired) electrons. The van der Waals surface area contributed by atoms with Crippen LogP contribution in [0, 0.1) is 0 Å². The van der Waals surface area contributed by atoms with Crippen molar-refractivity contribution in [3.63, 3.8) is 0 Å². The summed E-state index contributed by atoms with van der Waals surface area (Å²) >= 11 is 0. The number of carbonyl (C=O) groups excluding carboxylic acids is 1. The summed E-state index contributed by atoms with van der Waals surface area (Å²) in [5.74, 6) is -1.03. The summed E-state index contributed by atoms with van der Waals surface area (Å²) in [6.45, 7) is 1.18. The highest BCUT2D eigenvalue weighted by Gasteiger charge is 2.24. The second-order valence-corrected chi connectivity index (χ2v) is 5.16. The summed E-state index contributed by atoms with van der Waals surface area (Å²) in [6.07, 6.45) is -0.487. The first-order chi connectivity index (χ1) is 11.1. The lowest BCUT2D eigenvalue weighted by Crippen LogP contribution is -2.39. The van der Waals surface area contributed by atoms with E-state index in [9.17, 15) is 9.59 Å². The smallest absolute Gasteiger partial charge is 0.414 e. The number of carboxylic acids is 1. The van der Waals surface area contributed by atoms with Crippen LogP contribution in [0.15, 0.2) is 48.5 Å². The molecule has 23 heavy (non-hydrogen) atoms. The summed E-state index contributed by atoms with van der Waals surface area (Å²) < 4.78 is 5.34. The Morgan fingerprint density at radius 3 is 2.70 bits per heavy atom. The van der Waals surface area contributed by atoms with Crippen LogP contribution < -0.4 is 10.2 Å². The molecule has 0 spiro atoms. The average Bonchev–Trinajstić information content (AvgIpc) is 2.59. The van der Waals surface area contributed by atoms with E-state index in [1.165, 1.54) is 17.0 Å². The largest absolute Gasteiger partial charge is 0.478 e. The van der Waals surface area contributed by atoms with Crippen molar-refractivity contribution in [1.29, 1.82) is 0 Å². The summed E-state index contributed by atoms with van der Waals surface area (Å²) in [5.41, 5.74) is 2.27. The number of hydrogen-bond donors (Lipinski definition) is 2. The van der Waals surface area contributed by atoms with E-state index >= 15 is 0 Å². The van der Waals surface area contributed by atoms with Crippen molar-refractivity contribution in [3.05, 3.63) is 59.7 Å². The molecular formula is C17H16N2O4. The maximum Gasteiger partial charge on any atom is 0.414 e. The fourth-order valence-electron chi connectivity index (χ4n) is 2.45. The number of fused-ring (bicyclic) bond motifs is 1. The molecule has 6 heteroatoms. The van der Waals surface area contributed by atoms with Crippen LogP contribution in [0.25, 0.3) is 0 Å². The first kappa shape index (κ1) is 14.9. The topological polar surface area (TPSA) is 78.9 Å². The molecule has 118 valence electrons. The zero-order valence-electron chi connectivity index (χ0n) is 12.4. The Morgan fingerprint density at radius 2 is 1.96 bits per heavy atom. The highest BCUT2D eigenvalue weighted by Crippen LogP contribution is 2.30. The number of rotatable bonds is 3. The van der Waals surface area contributed by atoms with E-state index in [1.54, 1.807) is 6.07 Å². The monoisotopic (exact) mass is 312 g/mol. The quantitative estimate of drug-likeness (QED) is 0.911. The standard InChI is InChI=1S/C17H16N2O4/c20-16(21)13-6-7-14-15(10-13)19(9-8-18-14)17(22)23-11-12-4-2-1-3-5-12/h1-7,10,18H,8-9,11H2,(H,20,21). The number of nitrogens with one attached hydrogen (secondary N) is 1. The number of ether oxygens (including phenoxy) is 1. The number of hydrogen-bond acceptors (Lipinski definition) is 4. The molecule has 2 aromatic rings. The molecule has 1 amide bonds. The molecule has 0 atom stereocenters. The number of carbonyl (C=O) groups is 2. The lowest BCUT2D eigenvalue weighted by molar-refractivity contribution is 0.0696. The number of carboxylic acid groups (broad SMARTS) is 1. The van der Waals surface area contributed by atoms with Gasteiger partial charge in [-0.05, 0) is 23.8 Å². The van der Waals surface area contributed by atoms with Gasteiger partial charge in [0, 0.05) is 13.1 Å². The van der Waals surface area contributed by atoms with Crippen LogP contribution >= 0.6 is 0 Å². The van der Waals surface area contributed by atoms with Gasteiger partial charge in [-0.25, -0.2) is 9.59 Å². The molecule has 0 aromatic heterocycles. The third kappa shape index (κ3) is 3.26. The van der Waals surface area contributed by atoms with Crippen LogP contribution in [0.2, 0.25) is 0 Å². The second-order valence-electron chi connectivity index (χ2n) is 5.16. The Balaban J connectivity index is 1.77. The van der Waals surface area contributed by atoms with E-state index in [4.69, 9.17) is 9.84 Å². The summed E-state index contributed by atoms with van der Waals surface area (Å²) in [6, 6.07) is 14.1. The predicted molar refractivity (Wildman–Crippen MR) is 85.9 cm³/mol. The van der Waals surface area contributed by atoms with Gasteiger partial charge in [0.05, 0.1) is 16.9 Å². The summed E-state index contributed by atoms with van der Waals surface area (Å²) in [5, 5.41) is 12.3. The van der Waals surface area contributed by atoms with Crippen molar-refractivity contribution >= 4 is 23.4 Å². The van der Waals surface area contributed by atoms with Gasteiger partial charge in [0.2, 0.25) is 0 Å². The second kappa shape index (κ2) is 6.39. The molecule has 0 aliphatic carbocycles.